The molecule has 1 aliphatic heterocycles. The molecular weight excluding hydrogens is 356 g/mol. The lowest BCUT2D eigenvalue weighted by Gasteiger charge is -2.28. The van der Waals surface area contributed by atoms with E-state index in [0.717, 1.165) is 51.7 Å². The van der Waals surface area contributed by atoms with E-state index in [1.807, 2.05) is 11.3 Å². The van der Waals surface area contributed by atoms with Crippen LogP contribution in [0.15, 0.2) is 16.4 Å². The maximum atomic E-state index is 5.35. The Morgan fingerprint density at radius 2 is 2.19 bits per heavy atom. The number of hydrogen-bond acceptors (Lipinski definition) is 4. The van der Waals surface area contributed by atoms with Crippen LogP contribution in [0.25, 0.3) is 0 Å². The number of rotatable bonds is 9. The first-order valence-corrected chi connectivity index (χ1v) is 11.4. The van der Waals surface area contributed by atoms with Crippen molar-refractivity contribution >= 4 is 17.3 Å². The Balaban J connectivity index is 1.47. The molecule has 0 spiro atoms. The maximum absolute atomic E-state index is 5.35. The molecule has 1 aromatic heterocycles. The number of nitrogens with one attached hydrogen (secondary N) is 2. The largest absolute Gasteiger partial charge is 0.385 e. The van der Waals surface area contributed by atoms with E-state index in [4.69, 9.17) is 9.73 Å². The van der Waals surface area contributed by atoms with E-state index in [2.05, 4.69) is 33.9 Å². The van der Waals surface area contributed by atoms with Crippen molar-refractivity contribution in [3.63, 3.8) is 0 Å². The van der Waals surface area contributed by atoms with Crippen molar-refractivity contribution in [3.8, 4) is 0 Å². The molecule has 0 saturated heterocycles. The minimum Gasteiger partial charge on any atom is -0.385 e. The molecular formula is C21H36N4OS. The van der Waals surface area contributed by atoms with Gasteiger partial charge >= 0.3 is 0 Å². The molecule has 0 atom stereocenters. The molecule has 2 heterocycles. The minimum atomic E-state index is 0.348. The molecule has 0 amide bonds. The summed E-state index contributed by atoms with van der Waals surface area (Å²) in [6.07, 6.45) is 7.57. The van der Waals surface area contributed by atoms with Gasteiger partial charge in [-0.1, -0.05) is 12.8 Å². The molecule has 0 unspecified atom stereocenters. The van der Waals surface area contributed by atoms with Gasteiger partial charge in [-0.05, 0) is 55.0 Å². The van der Waals surface area contributed by atoms with Crippen LogP contribution in [0, 0.1) is 5.41 Å². The molecule has 27 heavy (non-hydrogen) atoms. The maximum Gasteiger partial charge on any atom is 0.191 e. The second-order valence-electron chi connectivity index (χ2n) is 7.97. The first-order valence-electron chi connectivity index (χ1n) is 10.5. The van der Waals surface area contributed by atoms with Gasteiger partial charge in [0, 0.05) is 57.9 Å². The Hall–Kier alpha value is -1.11. The zero-order valence-electron chi connectivity index (χ0n) is 17.1. The molecule has 1 fully saturated rings. The van der Waals surface area contributed by atoms with Gasteiger partial charge in [-0.3, -0.25) is 9.89 Å². The molecule has 1 aliphatic carbocycles. The summed E-state index contributed by atoms with van der Waals surface area (Å²) in [5.74, 6) is 0.967. The summed E-state index contributed by atoms with van der Waals surface area (Å²) in [5, 5.41) is 9.20. The Morgan fingerprint density at radius 3 is 2.96 bits per heavy atom. The topological polar surface area (TPSA) is 48.9 Å². The molecule has 2 aliphatic rings. The van der Waals surface area contributed by atoms with Gasteiger partial charge in [-0.25, -0.2) is 0 Å². The molecule has 152 valence electrons. The first-order chi connectivity index (χ1) is 13.2. The number of hydrogen-bond donors (Lipinski definition) is 2. The van der Waals surface area contributed by atoms with Gasteiger partial charge in [0.1, 0.15) is 0 Å². The molecule has 6 heteroatoms. The molecule has 1 aromatic rings. The lowest BCUT2D eigenvalue weighted by Crippen LogP contribution is -2.43. The van der Waals surface area contributed by atoms with Crippen molar-refractivity contribution in [3.05, 3.63) is 21.9 Å². The lowest BCUT2D eigenvalue weighted by molar-refractivity contribution is 0.141. The summed E-state index contributed by atoms with van der Waals surface area (Å²) in [5.41, 5.74) is 1.87. The highest BCUT2D eigenvalue weighted by Crippen LogP contribution is 2.41. The SMILES string of the molecule is CCNC(=NCC1(CCOC)CCCC1)NCCN1CCc2sccc2C1. The van der Waals surface area contributed by atoms with Crippen LogP contribution in [0.5, 0.6) is 0 Å². The average molecular weight is 393 g/mol. The number of fused-ring (bicyclic) bond motifs is 1. The number of ether oxygens (including phenoxy) is 1. The smallest absolute Gasteiger partial charge is 0.191 e. The summed E-state index contributed by atoms with van der Waals surface area (Å²) < 4.78 is 5.35. The van der Waals surface area contributed by atoms with Gasteiger partial charge in [0.25, 0.3) is 0 Å². The van der Waals surface area contributed by atoms with E-state index in [1.54, 1.807) is 12.0 Å². The van der Waals surface area contributed by atoms with Crippen LogP contribution < -0.4 is 10.6 Å². The van der Waals surface area contributed by atoms with Crippen LogP contribution in [0.2, 0.25) is 0 Å². The minimum absolute atomic E-state index is 0.348. The third-order valence-corrected chi connectivity index (χ3v) is 7.05. The second kappa shape index (κ2) is 10.4. The van der Waals surface area contributed by atoms with E-state index < -0.39 is 0 Å². The van der Waals surface area contributed by atoms with E-state index in [0.29, 0.717) is 5.41 Å². The number of nitrogens with zero attached hydrogens (tertiary/aromatic N) is 2. The highest BCUT2D eigenvalue weighted by atomic mass is 32.1. The molecule has 1 saturated carbocycles. The fourth-order valence-corrected chi connectivity index (χ4v) is 5.24. The van der Waals surface area contributed by atoms with Crippen LogP contribution in [0.3, 0.4) is 0 Å². The first kappa shape index (κ1) is 20.6. The van der Waals surface area contributed by atoms with Crippen molar-refractivity contribution in [1.29, 1.82) is 0 Å². The summed E-state index contributed by atoms with van der Waals surface area (Å²) in [7, 11) is 1.80. The van der Waals surface area contributed by atoms with Crippen molar-refractivity contribution < 1.29 is 4.74 Å². The highest BCUT2D eigenvalue weighted by molar-refractivity contribution is 7.10. The van der Waals surface area contributed by atoms with E-state index >= 15 is 0 Å². The van der Waals surface area contributed by atoms with E-state index in [1.165, 1.54) is 44.2 Å². The summed E-state index contributed by atoms with van der Waals surface area (Å²) in [4.78, 5) is 9.07. The van der Waals surface area contributed by atoms with Crippen LogP contribution >= 0.6 is 11.3 Å². The van der Waals surface area contributed by atoms with Crippen LogP contribution in [-0.2, 0) is 17.7 Å². The zero-order chi connectivity index (χ0) is 19.0. The Kier molecular flexibility index (Phi) is 7.97. The van der Waals surface area contributed by atoms with Gasteiger partial charge in [0.15, 0.2) is 5.96 Å². The number of aliphatic imine (C=N–C) groups is 1. The van der Waals surface area contributed by atoms with Crippen molar-refractivity contribution in [1.82, 2.24) is 15.5 Å². The normalized spacial score (nSPS) is 19.9. The quantitative estimate of drug-likeness (QED) is 0.500. The van der Waals surface area contributed by atoms with E-state index in [9.17, 15) is 0 Å². The number of methoxy groups -OCH3 is 1. The van der Waals surface area contributed by atoms with Gasteiger partial charge < -0.3 is 15.4 Å². The Labute approximate surface area is 168 Å². The van der Waals surface area contributed by atoms with Crippen molar-refractivity contribution in [2.45, 2.75) is 52.0 Å². The van der Waals surface area contributed by atoms with Crippen molar-refractivity contribution in [2.75, 3.05) is 46.4 Å². The summed E-state index contributed by atoms with van der Waals surface area (Å²) in [6.45, 7) is 9.06. The summed E-state index contributed by atoms with van der Waals surface area (Å²) >= 11 is 1.91. The molecule has 5 nitrogen and oxygen atoms in total. The Bertz CT molecular complexity index is 595. The highest BCUT2D eigenvalue weighted by Gasteiger charge is 2.33. The zero-order valence-corrected chi connectivity index (χ0v) is 17.9. The predicted molar refractivity (Wildman–Crippen MR) is 115 cm³/mol. The predicted octanol–water partition coefficient (Wildman–Crippen LogP) is 3.26. The van der Waals surface area contributed by atoms with Gasteiger partial charge in [0.2, 0.25) is 0 Å². The van der Waals surface area contributed by atoms with Crippen LogP contribution in [-0.4, -0.2) is 57.3 Å². The molecule has 3 rings (SSSR count). The van der Waals surface area contributed by atoms with Crippen LogP contribution in [0.4, 0.5) is 0 Å². The van der Waals surface area contributed by atoms with Crippen molar-refractivity contribution in [2.24, 2.45) is 10.4 Å². The third-order valence-electron chi connectivity index (χ3n) is 6.02. The lowest BCUT2D eigenvalue weighted by atomic mass is 9.83. The Morgan fingerprint density at radius 1 is 1.33 bits per heavy atom. The second-order valence-corrected chi connectivity index (χ2v) is 8.97. The fourth-order valence-electron chi connectivity index (χ4n) is 4.35. The average Bonchev–Trinajstić information content (AvgIpc) is 3.34. The molecule has 0 bridgehead atoms. The van der Waals surface area contributed by atoms with Crippen LogP contribution in [0.1, 0.15) is 49.5 Å². The molecule has 2 N–H and O–H groups in total. The third kappa shape index (κ3) is 5.93. The molecule has 0 radical (unpaired) electrons. The monoisotopic (exact) mass is 392 g/mol. The standard InChI is InChI=1S/C21H36N4OS/c1-3-22-20(24-17-21(10-14-26-2)8-4-5-9-21)23-11-13-25-12-6-19-18(16-25)7-15-27-19/h7,15H,3-6,8-14,16-17H2,1-2H3,(H2,22,23,24). The van der Waals surface area contributed by atoms with Gasteiger partial charge in [0.05, 0.1) is 0 Å². The summed E-state index contributed by atoms with van der Waals surface area (Å²) in [6, 6.07) is 2.28. The van der Waals surface area contributed by atoms with Gasteiger partial charge in [-0.2, -0.15) is 0 Å². The fraction of sp³-hybridized carbons (Fsp3) is 0.762. The number of guanidine groups is 1. The van der Waals surface area contributed by atoms with Gasteiger partial charge in [-0.15, -0.1) is 11.3 Å². The van der Waals surface area contributed by atoms with E-state index in [-0.39, 0.29) is 0 Å². The number of thiophene rings is 1. The molecule has 0 aromatic carbocycles.